The lowest BCUT2D eigenvalue weighted by atomic mass is 9.77. The summed E-state index contributed by atoms with van der Waals surface area (Å²) in [7, 11) is 0. The molecule has 2 N–H and O–H groups in total. The molecule has 3 nitrogen and oxygen atoms in total. The highest BCUT2D eigenvalue weighted by molar-refractivity contribution is 9.10. The third kappa shape index (κ3) is 3.45. The molecule has 1 aliphatic carbocycles. The van der Waals surface area contributed by atoms with Crippen LogP contribution >= 0.6 is 15.9 Å². The summed E-state index contributed by atoms with van der Waals surface area (Å²) in [6.07, 6.45) is 4.71. The van der Waals surface area contributed by atoms with Gasteiger partial charge in [-0.15, -0.1) is 0 Å². The molecule has 0 radical (unpaired) electrons. The van der Waals surface area contributed by atoms with Gasteiger partial charge in [0.05, 0.1) is 17.0 Å². The van der Waals surface area contributed by atoms with Gasteiger partial charge in [0.25, 0.3) is 0 Å². The average molecular weight is 292 g/mol. The van der Waals surface area contributed by atoms with Crippen molar-refractivity contribution in [2.24, 2.45) is 5.92 Å². The van der Waals surface area contributed by atoms with Crippen LogP contribution in [0.1, 0.15) is 46.0 Å². The topological polar surface area (TPSA) is 49.3 Å². The average Bonchev–Trinajstić information content (AvgIpc) is 2.31. The van der Waals surface area contributed by atoms with Crippen molar-refractivity contribution in [1.29, 1.82) is 0 Å². The van der Waals surface area contributed by atoms with Gasteiger partial charge in [-0.05, 0) is 38.0 Å². The quantitative estimate of drug-likeness (QED) is 0.781. The van der Waals surface area contributed by atoms with Crippen LogP contribution in [0.5, 0.6) is 0 Å². The van der Waals surface area contributed by atoms with Crippen molar-refractivity contribution in [3.05, 3.63) is 0 Å². The van der Waals surface area contributed by atoms with E-state index in [0.717, 1.165) is 32.1 Å². The summed E-state index contributed by atoms with van der Waals surface area (Å²) < 4.78 is 0. The number of hydrogen-bond donors (Lipinski definition) is 2. The van der Waals surface area contributed by atoms with Crippen LogP contribution in [0, 0.1) is 5.92 Å². The Hall–Kier alpha value is -0.0900. The fraction of sp³-hybridized carbons (Fsp3) is 0.917. The van der Waals surface area contributed by atoms with Crippen LogP contribution in [0.4, 0.5) is 0 Å². The van der Waals surface area contributed by atoms with Crippen LogP contribution in [0.15, 0.2) is 0 Å². The van der Waals surface area contributed by atoms with E-state index >= 15 is 0 Å². The van der Waals surface area contributed by atoms with E-state index in [1.54, 1.807) is 0 Å². The maximum absolute atomic E-state index is 11.8. The maximum atomic E-state index is 11.8. The summed E-state index contributed by atoms with van der Waals surface area (Å²) in [5.74, 6) is 0.716. The van der Waals surface area contributed by atoms with Gasteiger partial charge in [-0.25, -0.2) is 0 Å². The zero-order valence-corrected chi connectivity index (χ0v) is 11.7. The van der Waals surface area contributed by atoms with Crippen LogP contribution < -0.4 is 5.32 Å². The van der Waals surface area contributed by atoms with Crippen LogP contribution in [0.2, 0.25) is 0 Å². The third-order valence-electron chi connectivity index (χ3n) is 3.57. The summed E-state index contributed by atoms with van der Waals surface area (Å²) in [4.78, 5) is 11.7. The highest BCUT2D eigenvalue weighted by Crippen LogP contribution is 2.31. The third-order valence-corrected chi connectivity index (χ3v) is 4.63. The van der Waals surface area contributed by atoms with Crippen molar-refractivity contribution in [3.63, 3.8) is 0 Å². The molecule has 0 bridgehead atoms. The number of carbonyl (C=O) groups excluding carboxylic acids is 1. The van der Waals surface area contributed by atoms with Gasteiger partial charge in [0.1, 0.15) is 0 Å². The van der Waals surface area contributed by atoms with Crippen molar-refractivity contribution in [3.8, 4) is 0 Å². The molecule has 1 amide bonds. The Morgan fingerprint density at radius 1 is 1.56 bits per heavy atom. The van der Waals surface area contributed by atoms with Crippen molar-refractivity contribution < 1.29 is 9.90 Å². The summed E-state index contributed by atoms with van der Waals surface area (Å²) >= 11 is 3.34. The second-order valence-corrected chi connectivity index (χ2v) is 6.09. The van der Waals surface area contributed by atoms with Crippen molar-refractivity contribution in [2.75, 3.05) is 6.61 Å². The molecule has 4 heteroatoms. The molecule has 0 saturated heterocycles. The number of halogens is 1. The normalized spacial score (nSPS) is 32.1. The number of rotatable bonds is 4. The van der Waals surface area contributed by atoms with E-state index < -0.39 is 0 Å². The van der Waals surface area contributed by atoms with Gasteiger partial charge in [0, 0.05) is 0 Å². The summed E-state index contributed by atoms with van der Waals surface area (Å²) in [5.41, 5.74) is -0.370. The lowest BCUT2D eigenvalue weighted by molar-refractivity contribution is -0.123. The van der Waals surface area contributed by atoms with E-state index in [-0.39, 0.29) is 22.9 Å². The van der Waals surface area contributed by atoms with E-state index in [9.17, 15) is 9.90 Å². The van der Waals surface area contributed by atoms with E-state index in [1.807, 2.05) is 6.92 Å². The Kier molecular flexibility index (Phi) is 5.25. The van der Waals surface area contributed by atoms with Crippen molar-refractivity contribution in [2.45, 2.75) is 56.3 Å². The second-order valence-electron chi connectivity index (χ2n) is 4.99. The molecule has 0 aromatic heterocycles. The van der Waals surface area contributed by atoms with Crippen LogP contribution in [0.3, 0.4) is 0 Å². The van der Waals surface area contributed by atoms with Gasteiger partial charge in [0.2, 0.25) is 5.91 Å². The van der Waals surface area contributed by atoms with Gasteiger partial charge >= 0.3 is 0 Å². The lowest BCUT2D eigenvalue weighted by Gasteiger charge is -2.39. The monoisotopic (exact) mass is 291 g/mol. The number of nitrogens with one attached hydrogen (secondary N) is 1. The fourth-order valence-electron chi connectivity index (χ4n) is 2.16. The largest absolute Gasteiger partial charge is 0.394 e. The number of amides is 1. The molecule has 0 aromatic rings. The SMILES string of the molecule is CCC(Br)C(=O)NC1(CO)CCC(C)CC1. The number of carbonyl (C=O) groups is 1. The minimum atomic E-state index is -0.370. The first-order valence-electron chi connectivity index (χ1n) is 6.10. The van der Waals surface area contributed by atoms with E-state index in [4.69, 9.17) is 0 Å². The van der Waals surface area contributed by atoms with Crippen LogP contribution in [-0.4, -0.2) is 28.0 Å². The molecule has 1 rings (SSSR count). The first-order chi connectivity index (χ1) is 7.53. The molecule has 0 heterocycles. The molecule has 0 aliphatic heterocycles. The molecule has 1 fully saturated rings. The van der Waals surface area contributed by atoms with Crippen LogP contribution in [-0.2, 0) is 4.79 Å². The highest BCUT2D eigenvalue weighted by Gasteiger charge is 2.35. The molecule has 1 aliphatic rings. The number of aliphatic hydroxyl groups is 1. The number of alkyl halides is 1. The van der Waals surface area contributed by atoms with E-state index in [2.05, 4.69) is 28.2 Å². The minimum absolute atomic E-state index is 0.00565. The zero-order valence-electron chi connectivity index (χ0n) is 10.1. The molecule has 0 spiro atoms. The van der Waals surface area contributed by atoms with Gasteiger partial charge in [-0.2, -0.15) is 0 Å². The van der Waals surface area contributed by atoms with Gasteiger partial charge < -0.3 is 10.4 Å². The Morgan fingerprint density at radius 2 is 2.12 bits per heavy atom. The van der Waals surface area contributed by atoms with Gasteiger partial charge in [-0.1, -0.05) is 29.8 Å². The Balaban J connectivity index is 2.57. The Labute approximate surface area is 106 Å². The second kappa shape index (κ2) is 6.01. The first-order valence-corrected chi connectivity index (χ1v) is 7.01. The van der Waals surface area contributed by atoms with Gasteiger partial charge in [-0.3, -0.25) is 4.79 Å². The van der Waals surface area contributed by atoms with E-state index in [1.165, 1.54) is 0 Å². The fourth-order valence-corrected chi connectivity index (χ4v) is 2.28. The first kappa shape index (κ1) is 14.0. The smallest absolute Gasteiger partial charge is 0.234 e. The Morgan fingerprint density at radius 3 is 2.56 bits per heavy atom. The van der Waals surface area contributed by atoms with Gasteiger partial charge in [0.15, 0.2) is 0 Å². The van der Waals surface area contributed by atoms with Crippen LogP contribution in [0.25, 0.3) is 0 Å². The highest BCUT2D eigenvalue weighted by atomic mass is 79.9. The molecule has 1 atom stereocenters. The molecule has 0 aromatic carbocycles. The van der Waals surface area contributed by atoms with Crippen molar-refractivity contribution in [1.82, 2.24) is 5.32 Å². The van der Waals surface area contributed by atoms with Crippen molar-refractivity contribution >= 4 is 21.8 Å². The Bertz CT molecular complexity index is 237. The molecule has 1 saturated carbocycles. The van der Waals surface area contributed by atoms with E-state index in [0.29, 0.717) is 5.92 Å². The summed E-state index contributed by atoms with van der Waals surface area (Å²) in [5, 5.41) is 12.5. The number of hydrogen-bond acceptors (Lipinski definition) is 2. The molecule has 16 heavy (non-hydrogen) atoms. The molecule has 1 unspecified atom stereocenters. The molecular weight excluding hydrogens is 270 g/mol. The number of aliphatic hydroxyl groups excluding tert-OH is 1. The predicted octanol–water partition coefficient (Wildman–Crippen LogP) is 2.22. The standard InChI is InChI=1S/C12H22BrNO2/c1-3-10(13)11(16)14-12(8-15)6-4-9(2)5-7-12/h9-10,15H,3-8H2,1-2H3,(H,14,16). The molecule has 94 valence electrons. The predicted molar refractivity (Wildman–Crippen MR) is 68.6 cm³/mol. The summed E-state index contributed by atoms with van der Waals surface area (Å²) in [6, 6.07) is 0. The zero-order chi connectivity index (χ0) is 12.2. The minimum Gasteiger partial charge on any atom is -0.394 e. The maximum Gasteiger partial charge on any atom is 0.234 e. The molecular formula is C12H22BrNO2. The summed E-state index contributed by atoms with van der Waals surface area (Å²) in [6.45, 7) is 4.24. The lowest BCUT2D eigenvalue weighted by Crippen LogP contribution is -2.55.